The third-order valence-electron chi connectivity index (χ3n) is 7.36. The summed E-state index contributed by atoms with van der Waals surface area (Å²) < 4.78 is 34.1. The molecule has 3 aromatic rings. The fourth-order valence-corrected chi connectivity index (χ4v) is 6.72. The van der Waals surface area contributed by atoms with E-state index >= 15 is 0 Å². The van der Waals surface area contributed by atoms with Gasteiger partial charge in [-0.25, -0.2) is 8.42 Å². The summed E-state index contributed by atoms with van der Waals surface area (Å²) in [4.78, 5) is 29.2. The molecule has 41 heavy (non-hydrogen) atoms. The van der Waals surface area contributed by atoms with Crippen molar-refractivity contribution in [1.29, 1.82) is 0 Å². The number of anilines is 1. The van der Waals surface area contributed by atoms with Crippen LogP contribution >= 0.6 is 11.6 Å². The molecular formula is C31H36ClN3O5S. The largest absolute Gasteiger partial charge is 0.497 e. The van der Waals surface area contributed by atoms with Gasteiger partial charge >= 0.3 is 0 Å². The normalized spacial score (nSPS) is 14.3. The van der Waals surface area contributed by atoms with E-state index in [1.807, 2.05) is 13.0 Å². The van der Waals surface area contributed by atoms with Crippen molar-refractivity contribution in [3.63, 3.8) is 0 Å². The van der Waals surface area contributed by atoms with Gasteiger partial charge in [0.1, 0.15) is 18.3 Å². The fraction of sp³-hybridized carbons (Fsp3) is 0.355. The van der Waals surface area contributed by atoms with Gasteiger partial charge in [0.2, 0.25) is 11.8 Å². The van der Waals surface area contributed by atoms with Crippen LogP contribution in [0.5, 0.6) is 5.75 Å². The molecule has 0 aliphatic heterocycles. The van der Waals surface area contributed by atoms with Crippen LogP contribution in [0, 0.1) is 0 Å². The summed E-state index contributed by atoms with van der Waals surface area (Å²) in [7, 11) is -2.62. The molecule has 0 saturated heterocycles. The molecule has 1 atom stereocenters. The summed E-state index contributed by atoms with van der Waals surface area (Å²) in [5.74, 6) is -0.220. The molecule has 0 radical (unpaired) electrons. The SMILES string of the molecule is CCC(C(=O)NC1CCCC1)N(Cc1ccccc1Cl)C(=O)CN(c1ccc(OC)cc1)S(=O)(=O)c1ccccc1. The Morgan fingerprint density at radius 1 is 0.976 bits per heavy atom. The number of halogens is 1. The monoisotopic (exact) mass is 597 g/mol. The van der Waals surface area contributed by atoms with Gasteiger partial charge in [0, 0.05) is 17.6 Å². The maximum Gasteiger partial charge on any atom is 0.264 e. The summed E-state index contributed by atoms with van der Waals surface area (Å²) in [6.45, 7) is 1.38. The Morgan fingerprint density at radius 3 is 2.22 bits per heavy atom. The molecule has 0 bridgehead atoms. The zero-order chi connectivity index (χ0) is 29.4. The molecule has 1 N–H and O–H groups in total. The van der Waals surface area contributed by atoms with E-state index in [9.17, 15) is 18.0 Å². The second-order valence-electron chi connectivity index (χ2n) is 10.0. The number of hydrogen-bond donors (Lipinski definition) is 1. The van der Waals surface area contributed by atoms with E-state index in [2.05, 4.69) is 5.32 Å². The number of ether oxygens (including phenoxy) is 1. The highest BCUT2D eigenvalue weighted by Crippen LogP contribution is 2.27. The van der Waals surface area contributed by atoms with Crippen LogP contribution in [0.1, 0.15) is 44.6 Å². The van der Waals surface area contributed by atoms with Crippen molar-refractivity contribution in [3.05, 3.63) is 89.4 Å². The Kier molecular flexibility index (Phi) is 10.3. The van der Waals surface area contributed by atoms with Gasteiger partial charge in [0.05, 0.1) is 17.7 Å². The summed E-state index contributed by atoms with van der Waals surface area (Å²) >= 11 is 6.46. The number of carbonyl (C=O) groups is 2. The molecule has 1 unspecified atom stereocenters. The van der Waals surface area contributed by atoms with Crippen molar-refractivity contribution in [2.75, 3.05) is 18.0 Å². The van der Waals surface area contributed by atoms with Gasteiger partial charge < -0.3 is 15.0 Å². The Morgan fingerprint density at radius 2 is 1.61 bits per heavy atom. The Hall–Kier alpha value is -3.56. The number of sulfonamides is 1. The highest BCUT2D eigenvalue weighted by atomic mass is 35.5. The molecule has 0 heterocycles. The average Bonchev–Trinajstić information content (AvgIpc) is 3.50. The number of rotatable bonds is 12. The minimum atomic E-state index is -4.14. The first-order chi connectivity index (χ1) is 19.7. The van der Waals surface area contributed by atoms with Crippen molar-refractivity contribution in [2.24, 2.45) is 0 Å². The predicted octanol–water partition coefficient (Wildman–Crippen LogP) is 5.41. The molecule has 3 aromatic carbocycles. The molecule has 4 rings (SSSR count). The lowest BCUT2D eigenvalue weighted by atomic mass is 10.1. The first-order valence-corrected chi connectivity index (χ1v) is 15.6. The zero-order valence-corrected chi connectivity index (χ0v) is 24.9. The second kappa shape index (κ2) is 13.9. The van der Waals surface area contributed by atoms with Crippen molar-refractivity contribution >= 4 is 39.1 Å². The molecule has 218 valence electrons. The highest BCUT2D eigenvalue weighted by Gasteiger charge is 2.34. The van der Waals surface area contributed by atoms with Crippen LogP contribution in [0.2, 0.25) is 5.02 Å². The molecule has 2 amide bonds. The Labute approximate surface area is 247 Å². The summed E-state index contributed by atoms with van der Waals surface area (Å²) in [6.07, 6.45) is 4.27. The number of amides is 2. The van der Waals surface area contributed by atoms with E-state index < -0.39 is 28.5 Å². The van der Waals surface area contributed by atoms with Crippen LogP contribution < -0.4 is 14.4 Å². The molecule has 1 aliphatic rings. The number of benzene rings is 3. The first kappa shape index (κ1) is 30.4. The van der Waals surface area contributed by atoms with Crippen molar-refractivity contribution < 1.29 is 22.7 Å². The molecule has 1 fully saturated rings. The maximum atomic E-state index is 14.2. The van der Waals surface area contributed by atoms with Gasteiger partial charge in [-0.3, -0.25) is 13.9 Å². The van der Waals surface area contributed by atoms with Gasteiger partial charge in [-0.15, -0.1) is 0 Å². The lowest BCUT2D eigenvalue weighted by Crippen LogP contribution is -2.53. The van der Waals surface area contributed by atoms with Gasteiger partial charge in [-0.1, -0.05) is 67.8 Å². The second-order valence-corrected chi connectivity index (χ2v) is 12.3. The van der Waals surface area contributed by atoms with Crippen LogP contribution in [-0.2, 0) is 26.2 Å². The zero-order valence-electron chi connectivity index (χ0n) is 23.3. The fourth-order valence-electron chi connectivity index (χ4n) is 5.09. The van der Waals surface area contributed by atoms with Crippen LogP contribution in [0.4, 0.5) is 5.69 Å². The Balaban J connectivity index is 1.71. The van der Waals surface area contributed by atoms with E-state index in [1.54, 1.807) is 60.7 Å². The smallest absolute Gasteiger partial charge is 0.264 e. The standard InChI is InChI=1S/C31H36ClN3O5S/c1-3-29(31(37)33-24-12-8-9-13-24)34(21-23-11-7-10-16-28(23)32)30(36)22-35(25-17-19-26(40-2)20-18-25)41(38,39)27-14-5-4-6-15-27/h4-7,10-11,14-20,24,29H,3,8-9,12-13,21-22H2,1-2H3,(H,33,37). The van der Waals surface area contributed by atoms with Crippen LogP contribution in [-0.4, -0.2) is 50.9 Å². The van der Waals surface area contributed by atoms with Crippen molar-refractivity contribution in [1.82, 2.24) is 10.2 Å². The third kappa shape index (κ3) is 7.40. The number of carbonyl (C=O) groups excluding carboxylic acids is 2. The highest BCUT2D eigenvalue weighted by molar-refractivity contribution is 7.92. The van der Waals surface area contributed by atoms with Crippen LogP contribution in [0.25, 0.3) is 0 Å². The molecule has 10 heteroatoms. The molecule has 8 nitrogen and oxygen atoms in total. The average molecular weight is 598 g/mol. The lowest BCUT2D eigenvalue weighted by molar-refractivity contribution is -0.140. The summed E-state index contributed by atoms with van der Waals surface area (Å²) in [5.41, 5.74) is 0.959. The van der Waals surface area contributed by atoms with Gasteiger partial charge in [-0.05, 0) is 67.3 Å². The van der Waals surface area contributed by atoms with E-state index in [4.69, 9.17) is 16.3 Å². The van der Waals surface area contributed by atoms with E-state index in [1.165, 1.54) is 24.1 Å². The summed E-state index contributed by atoms with van der Waals surface area (Å²) in [6, 6.07) is 20.8. The van der Waals surface area contributed by atoms with Crippen LogP contribution in [0.3, 0.4) is 0 Å². The number of nitrogens with zero attached hydrogens (tertiary/aromatic N) is 2. The minimum Gasteiger partial charge on any atom is -0.497 e. The van der Waals surface area contributed by atoms with Gasteiger partial charge in [0.25, 0.3) is 10.0 Å². The van der Waals surface area contributed by atoms with E-state index in [0.717, 1.165) is 30.0 Å². The minimum absolute atomic E-state index is 0.0484. The van der Waals surface area contributed by atoms with E-state index in [0.29, 0.717) is 28.4 Å². The molecule has 0 spiro atoms. The molecule has 0 aromatic heterocycles. The van der Waals surface area contributed by atoms with Gasteiger partial charge in [0.15, 0.2) is 0 Å². The van der Waals surface area contributed by atoms with Crippen molar-refractivity contribution in [3.8, 4) is 5.75 Å². The first-order valence-electron chi connectivity index (χ1n) is 13.8. The topological polar surface area (TPSA) is 96.0 Å². The lowest BCUT2D eigenvalue weighted by Gasteiger charge is -2.34. The quantitative estimate of drug-likeness (QED) is 0.301. The van der Waals surface area contributed by atoms with E-state index in [-0.39, 0.29) is 23.4 Å². The molecule has 1 saturated carbocycles. The van der Waals surface area contributed by atoms with Crippen molar-refractivity contribution in [2.45, 2.75) is 62.6 Å². The predicted molar refractivity (Wildman–Crippen MR) is 160 cm³/mol. The number of methoxy groups -OCH3 is 1. The number of hydrogen-bond acceptors (Lipinski definition) is 5. The summed E-state index contributed by atoms with van der Waals surface area (Å²) in [5, 5.41) is 3.57. The molecule has 1 aliphatic carbocycles. The van der Waals surface area contributed by atoms with Gasteiger partial charge in [-0.2, -0.15) is 0 Å². The Bertz CT molecular complexity index is 1430. The molecular weight excluding hydrogens is 562 g/mol. The third-order valence-corrected chi connectivity index (χ3v) is 9.51. The number of nitrogens with one attached hydrogen (secondary N) is 1. The maximum absolute atomic E-state index is 14.2. The van der Waals surface area contributed by atoms with Crippen LogP contribution in [0.15, 0.2) is 83.8 Å².